The second-order valence-electron chi connectivity index (χ2n) is 3.42. The molecule has 1 aromatic heterocycles. The second-order valence-corrected chi connectivity index (χ2v) is 3.42. The molecule has 1 aromatic rings. The van der Waals surface area contributed by atoms with E-state index >= 15 is 0 Å². The molecule has 3 nitrogen and oxygen atoms in total. The van der Waals surface area contributed by atoms with Crippen LogP contribution in [0.15, 0.2) is 23.3 Å². The van der Waals surface area contributed by atoms with E-state index in [1.807, 2.05) is 25.3 Å². The van der Waals surface area contributed by atoms with Crippen molar-refractivity contribution in [1.82, 2.24) is 10.3 Å². The van der Waals surface area contributed by atoms with Crippen LogP contribution in [0.5, 0.6) is 0 Å². The Morgan fingerprint density at radius 3 is 2.85 bits per heavy atom. The van der Waals surface area contributed by atoms with Crippen molar-refractivity contribution in [3.63, 3.8) is 0 Å². The Hall–Kier alpha value is -1.38. The summed E-state index contributed by atoms with van der Waals surface area (Å²) < 4.78 is 0. The highest BCUT2D eigenvalue weighted by Gasteiger charge is 2.13. The van der Waals surface area contributed by atoms with E-state index in [4.69, 9.17) is 0 Å². The average Bonchev–Trinajstić information content (AvgIpc) is 2.53. The highest BCUT2D eigenvalue weighted by atomic mass is 15.1. The zero-order chi connectivity index (χ0) is 9.26. The molecule has 68 valence electrons. The third kappa shape index (κ3) is 1.69. The molecule has 0 saturated heterocycles. The number of aryl methyl sites for hydroxylation is 1. The van der Waals surface area contributed by atoms with Crippen LogP contribution in [-0.2, 0) is 0 Å². The fraction of sp³-hybridized carbons (Fsp3) is 0.400. The lowest BCUT2D eigenvalue weighted by atomic mass is 10.2. The molecule has 0 saturated carbocycles. The molecule has 1 aliphatic rings. The fourth-order valence-corrected chi connectivity index (χ4v) is 1.34. The molecule has 0 amide bonds. The van der Waals surface area contributed by atoms with Gasteiger partial charge in [-0.3, -0.25) is 9.98 Å². The Balaban J connectivity index is 2.22. The topological polar surface area (TPSA) is 37.3 Å². The van der Waals surface area contributed by atoms with Gasteiger partial charge in [-0.05, 0) is 26.0 Å². The standard InChI is InChI=1S/C10H13N3/c1-7-3-4-9(6-11-7)10-12-5-8(2)13-10/h3-4,6,8H,5H2,1-2H3,(H,12,13). The van der Waals surface area contributed by atoms with Crippen molar-refractivity contribution in [2.24, 2.45) is 4.99 Å². The minimum absolute atomic E-state index is 0.455. The lowest BCUT2D eigenvalue weighted by Gasteiger charge is -2.05. The monoisotopic (exact) mass is 175 g/mol. The predicted octanol–water partition coefficient (Wildman–Crippen LogP) is 1.13. The van der Waals surface area contributed by atoms with Gasteiger partial charge in [0.2, 0.25) is 0 Å². The molecule has 2 heterocycles. The fourth-order valence-electron chi connectivity index (χ4n) is 1.34. The number of hydrogen-bond donors (Lipinski definition) is 1. The van der Waals surface area contributed by atoms with Crippen molar-refractivity contribution in [2.75, 3.05) is 6.54 Å². The van der Waals surface area contributed by atoms with Crippen LogP contribution in [0.4, 0.5) is 0 Å². The first-order chi connectivity index (χ1) is 6.25. The predicted molar refractivity (Wildman–Crippen MR) is 53.0 cm³/mol. The summed E-state index contributed by atoms with van der Waals surface area (Å²) in [6, 6.07) is 4.51. The first kappa shape index (κ1) is 8.23. The molecular formula is C10H13N3. The molecule has 1 aliphatic heterocycles. The van der Waals surface area contributed by atoms with Gasteiger partial charge < -0.3 is 5.32 Å². The third-order valence-electron chi connectivity index (χ3n) is 2.09. The summed E-state index contributed by atoms with van der Waals surface area (Å²) in [7, 11) is 0. The molecule has 0 bridgehead atoms. The highest BCUT2D eigenvalue weighted by molar-refractivity contribution is 5.99. The molecule has 1 atom stereocenters. The summed E-state index contributed by atoms with van der Waals surface area (Å²) in [4.78, 5) is 8.61. The largest absolute Gasteiger partial charge is 0.366 e. The van der Waals surface area contributed by atoms with Gasteiger partial charge in [-0.1, -0.05) is 0 Å². The normalized spacial score (nSPS) is 21.1. The van der Waals surface area contributed by atoms with E-state index in [0.29, 0.717) is 6.04 Å². The Morgan fingerprint density at radius 1 is 1.46 bits per heavy atom. The third-order valence-corrected chi connectivity index (χ3v) is 2.09. The molecule has 1 N–H and O–H groups in total. The molecule has 0 radical (unpaired) electrons. The molecule has 3 heteroatoms. The van der Waals surface area contributed by atoms with Crippen molar-refractivity contribution in [3.8, 4) is 0 Å². The summed E-state index contributed by atoms with van der Waals surface area (Å²) in [6.45, 7) is 4.97. The van der Waals surface area contributed by atoms with E-state index in [1.165, 1.54) is 0 Å². The van der Waals surface area contributed by atoms with E-state index in [1.54, 1.807) is 0 Å². The molecule has 0 spiro atoms. The van der Waals surface area contributed by atoms with Gasteiger partial charge in [0.1, 0.15) is 5.84 Å². The van der Waals surface area contributed by atoms with Crippen LogP contribution < -0.4 is 5.32 Å². The first-order valence-electron chi connectivity index (χ1n) is 4.50. The number of hydrogen-bond acceptors (Lipinski definition) is 3. The van der Waals surface area contributed by atoms with Crippen molar-refractivity contribution in [2.45, 2.75) is 19.9 Å². The maximum atomic E-state index is 4.38. The number of aliphatic imine (C=N–C) groups is 1. The Bertz CT molecular complexity index is 327. The Kier molecular flexibility index (Phi) is 2.00. The van der Waals surface area contributed by atoms with Crippen LogP contribution in [0.2, 0.25) is 0 Å². The van der Waals surface area contributed by atoms with Gasteiger partial charge in [-0.25, -0.2) is 0 Å². The SMILES string of the molecule is Cc1ccc(C2=NCC(C)N2)cn1. The summed E-state index contributed by atoms with van der Waals surface area (Å²) in [5, 5.41) is 3.30. The highest BCUT2D eigenvalue weighted by Crippen LogP contribution is 2.05. The maximum absolute atomic E-state index is 4.38. The summed E-state index contributed by atoms with van der Waals surface area (Å²) in [6.07, 6.45) is 1.86. The second kappa shape index (κ2) is 3.17. The van der Waals surface area contributed by atoms with Crippen molar-refractivity contribution >= 4 is 5.84 Å². The lowest BCUT2D eigenvalue weighted by molar-refractivity contribution is 0.726. The number of amidine groups is 1. The molecular weight excluding hydrogens is 162 g/mol. The van der Waals surface area contributed by atoms with E-state index in [0.717, 1.165) is 23.6 Å². The zero-order valence-corrected chi connectivity index (χ0v) is 7.91. The molecule has 2 rings (SSSR count). The summed E-state index contributed by atoms with van der Waals surface area (Å²) in [5.74, 6) is 0.972. The van der Waals surface area contributed by atoms with Gasteiger partial charge in [-0.15, -0.1) is 0 Å². The molecule has 13 heavy (non-hydrogen) atoms. The van der Waals surface area contributed by atoms with Gasteiger partial charge in [0.25, 0.3) is 0 Å². The van der Waals surface area contributed by atoms with Crippen molar-refractivity contribution in [3.05, 3.63) is 29.6 Å². The van der Waals surface area contributed by atoms with E-state index in [-0.39, 0.29) is 0 Å². The number of pyridine rings is 1. The van der Waals surface area contributed by atoms with Crippen LogP contribution >= 0.6 is 0 Å². The van der Waals surface area contributed by atoms with Crippen LogP contribution in [0.1, 0.15) is 18.2 Å². The van der Waals surface area contributed by atoms with E-state index in [9.17, 15) is 0 Å². The zero-order valence-electron chi connectivity index (χ0n) is 7.91. The van der Waals surface area contributed by atoms with Gasteiger partial charge in [0.05, 0.1) is 6.54 Å². The number of nitrogens with zero attached hydrogens (tertiary/aromatic N) is 2. The molecule has 1 unspecified atom stereocenters. The van der Waals surface area contributed by atoms with Gasteiger partial charge in [0.15, 0.2) is 0 Å². The van der Waals surface area contributed by atoms with Crippen LogP contribution in [0.3, 0.4) is 0 Å². The van der Waals surface area contributed by atoms with Crippen molar-refractivity contribution in [1.29, 1.82) is 0 Å². The first-order valence-corrected chi connectivity index (χ1v) is 4.50. The van der Waals surface area contributed by atoms with Crippen molar-refractivity contribution < 1.29 is 0 Å². The van der Waals surface area contributed by atoms with Gasteiger partial charge >= 0.3 is 0 Å². The average molecular weight is 175 g/mol. The van der Waals surface area contributed by atoms with Crippen LogP contribution in [0, 0.1) is 6.92 Å². The van der Waals surface area contributed by atoms with Gasteiger partial charge in [0, 0.05) is 23.5 Å². The van der Waals surface area contributed by atoms with E-state index in [2.05, 4.69) is 22.2 Å². The number of rotatable bonds is 1. The maximum Gasteiger partial charge on any atom is 0.130 e. The minimum atomic E-state index is 0.455. The summed E-state index contributed by atoms with van der Waals surface area (Å²) >= 11 is 0. The Morgan fingerprint density at radius 2 is 2.31 bits per heavy atom. The number of nitrogens with one attached hydrogen (secondary N) is 1. The van der Waals surface area contributed by atoms with Gasteiger partial charge in [-0.2, -0.15) is 0 Å². The summed E-state index contributed by atoms with van der Waals surface area (Å²) in [5.41, 5.74) is 2.12. The number of aromatic nitrogens is 1. The quantitative estimate of drug-likeness (QED) is 0.694. The molecule has 0 fully saturated rings. The lowest BCUT2D eigenvalue weighted by Crippen LogP contribution is -2.27. The van der Waals surface area contributed by atoms with Crippen LogP contribution in [0.25, 0.3) is 0 Å². The minimum Gasteiger partial charge on any atom is -0.366 e. The smallest absolute Gasteiger partial charge is 0.130 e. The van der Waals surface area contributed by atoms with Crippen LogP contribution in [-0.4, -0.2) is 23.4 Å². The van der Waals surface area contributed by atoms with E-state index < -0.39 is 0 Å². The molecule has 0 aliphatic carbocycles. The molecule has 0 aromatic carbocycles. The Labute approximate surface area is 77.9 Å².